The van der Waals surface area contributed by atoms with Gasteiger partial charge >= 0.3 is 0 Å². The van der Waals surface area contributed by atoms with Crippen molar-refractivity contribution < 1.29 is 10.2 Å². The molecule has 1 aliphatic rings. The number of aromatic hydroxyl groups is 2. The Morgan fingerprint density at radius 2 is 1.22 bits per heavy atom. The van der Waals surface area contributed by atoms with E-state index in [2.05, 4.69) is 9.80 Å². The maximum atomic E-state index is 10.2. The lowest BCUT2D eigenvalue weighted by Gasteiger charge is -2.19. The van der Waals surface area contributed by atoms with Crippen LogP contribution in [0.25, 0.3) is 0 Å². The lowest BCUT2D eigenvalue weighted by molar-refractivity contribution is 0.231. The van der Waals surface area contributed by atoms with E-state index in [-0.39, 0.29) is 0 Å². The average molecular weight is 312 g/mol. The molecule has 2 aromatic rings. The Morgan fingerprint density at radius 3 is 1.65 bits per heavy atom. The molecule has 0 bridgehead atoms. The number of phenols is 2. The predicted molar refractivity (Wildman–Crippen MR) is 91.4 cm³/mol. The number of phenolic OH excluding ortho intramolecular Hbond substituents is 2. The number of hydrogen-bond acceptors (Lipinski definition) is 4. The van der Waals surface area contributed by atoms with Crippen LogP contribution in [0.15, 0.2) is 36.4 Å². The SMILES string of the molecule is Cc1cccc(CN2CCN(Cc3cccc(C)c3O)C2)c1O. The van der Waals surface area contributed by atoms with Gasteiger partial charge in [-0.2, -0.15) is 0 Å². The summed E-state index contributed by atoms with van der Waals surface area (Å²) in [7, 11) is 0. The molecule has 1 fully saturated rings. The van der Waals surface area contributed by atoms with Gasteiger partial charge in [0.1, 0.15) is 11.5 Å². The van der Waals surface area contributed by atoms with E-state index in [9.17, 15) is 10.2 Å². The largest absolute Gasteiger partial charge is 0.507 e. The van der Waals surface area contributed by atoms with Crippen LogP contribution in [0, 0.1) is 13.8 Å². The van der Waals surface area contributed by atoms with Crippen LogP contribution >= 0.6 is 0 Å². The van der Waals surface area contributed by atoms with Crippen LogP contribution in [0.2, 0.25) is 0 Å². The quantitative estimate of drug-likeness (QED) is 0.911. The van der Waals surface area contributed by atoms with Crippen LogP contribution in [0.3, 0.4) is 0 Å². The summed E-state index contributed by atoms with van der Waals surface area (Å²) in [5, 5.41) is 20.3. The lowest BCUT2D eigenvalue weighted by atomic mass is 10.1. The molecule has 0 aromatic heterocycles. The number of hydrogen-bond donors (Lipinski definition) is 2. The summed E-state index contributed by atoms with van der Waals surface area (Å²) in [6, 6.07) is 11.8. The van der Waals surface area contributed by atoms with Gasteiger partial charge in [-0.1, -0.05) is 36.4 Å². The van der Waals surface area contributed by atoms with Gasteiger partial charge in [-0.3, -0.25) is 9.80 Å². The molecule has 1 heterocycles. The van der Waals surface area contributed by atoms with E-state index in [1.165, 1.54) is 0 Å². The third-order valence-corrected chi connectivity index (χ3v) is 4.56. The molecule has 1 saturated heterocycles. The molecule has 23 heavy (non-hydrogen) atoms. The molecule has 2 N–H and O–H groups in total. The molecule has 4 nitrogen and oxygen atoms in total. The van der Waals surface area contributed by atoms with E-state index in [0.29, 0.717) is 11.5 Å². The van der Waals surface area contributed by atoms with Crippen molar-refractivity contribution in [3.05, 3.63) is 58.7 Å². The van der Waals surface area contributed by atoms with E-state index in [0.717, 1.165) is 55.1 Å². The second-order valence-corrected chi connectivity index (χ2v) is 6.41. The van der Waals surface area contributed by atoms with Gasteiger partial charge in [0.05, 0.1) is 6.67 Å². The van der Waals surface area contributed by atoms with E-state index in [1.807, 2.05) is 50.2 Å². The van der Waals surface area contributed by atoms with Crippen molar-refractivity contribution >= 4 is 0 Å². The van der Waals surface area contributed by atoms with Gasteiger partial charge in [0.15, 0.2) is 0 Å². The maximum absolute atomic E-state index is 10.2. The Hall–Kier alpha value is -2.04. The van der Waals surface area contributed by atoms with Gasteiger partial charge in [-0.15, -0.1) is 0 Å². The van der Waals surface area contributed by atoms with Crippen LogP contribution in [0.5, 0.6) is 11.5 Å². The molecule has 0 atom stereocenters. The minimum absolute atomic E-state index is 0.405. The summed E-state index contributed by atoms with van der Waals surface area (Å²) >= 11 is 0. The van der Waals surface area contributed by atoms with Gasteiger partial charge in [-0.05, 0) is 25.0 Å². The fourth-order valence-corrected chi connectivity index (χ4v) is 3.14. The number of nitrogens with zero attached hydrogens (tertiary/aromatic N) is 2. The van der Waals surface area contributed by atoms with Gasteiger partial charge in [0, 0.05) is 37.3 Å². The minimum atomic E-state index is 0.405. The summed E-state index contributed by atoms with van der Waals surface area (Å²) in [5.74, 6) is 0.810. The smallest absolute Gasteiger partial charge is 0.122 e. The second-order valence-electron chi connectivity index (χ2n) is 6.41. The summed E-state index contributed by atoms with van der Waals surface area (Å²) in [6.45, 7) is 8.15. The number of para-hydroxylation sites is 2. The highest BCUT2D eigenvalue weighted by molar-refractivity contribution is 5.40. The summed E-state index contributed by atoms with van der Waals surface area (Å²) < 4.78 is 0. The van der Waals surface area contributed by atoms with Crippen molar-refractivity contribution in [1.29, 1.82) is 0 Å². The standard InChI is InChI=1S/C19H24N2O2/c1-14-5-3-7-16(18(14)22)11-20-9-10-21(13-20)12-17-8-4-6-15(2)19(17)23/h3-8,22-23H,9-13H2,1-2H3. The first-order valence-corrected chi connectivity index (χ1v) is 8.04. The molecule has 0 radical (unpaired) electrons. The number of rotatable bonds is 4. The van der Waals surface area contributed by atoms with Crippen LogP contribution in [0.4, 0.5) is 0 Å². The van der Waals surface area contributed by atoms with Gasteiger partial charge in [0.2, 0.25) is 0 Å². The average Bonchev–Trinajstić information content (AvgIpc) is 2.96. The van der Waals surface area contributed by atoms with Gasteiger partial charge in [0.25, 0.3) is 0 Å². The first kappa shape index (κ1) is 15.8. The summed E-state index contributed by atoms with van der Waals surface area (Å²) in [4.78, 5) is 4.64. The van der Waals surface area contributed by atoms with E-state index in [4.69, 9.17) is 0 Å². The lowest BCUT2D eigenvalue weighted by Crippen LogP contribution is -2.25. The van der Waals surface area contributed by atoms with Crippen molar-refractivity contribution in [2.75, 3.05) is 19.8 Å². The highest BCUT2D eigenvalue weighted by Gasteiger charge is 2.22. The van der Waals surface area contributed by atoms with Gasteiger partial charge < -0.3 is 10.2 Å². The zero-order chi connectivity index (χ0) is 16.4. The molecule has 0 spiro atoms. The summed E-state index contributed by atoms with van der Waals surface area (Å²) in [6.07, 6.45) is 0. The Kier molecular flexibility index (Phi) is 4.55. The predicted octanol–water partition coefficient (Wildman–Crippen LogP) is 2.99. The molecule has 0 amide bonds. The fourth-order valence-electron chi connectivity index (χ4n) is 3.14. The van der Waals surface area contributed by atoms with E-state index in [1.54, 1.807) is 0 Å². The molecule has 2 aromatic carbocycles. The number of benzene rings is 2. The van der Waals surface area contributed by atoms with Crippen molar-refractivity contribution in [1.82, 2.24) is 9.80 Å². The van der Waals surface area contributed by atoms with Gasteiger partial charge in [-0.25, -0.2) is 0 Å². The highest BCUT2D eigenvalue weighted by Crippen LogP contribution is 2.26. The zero-order valence-corrected chi connectivity index (χ0v) is 13.8. The first-order chi connectivity index (χ1) is 11.0. The molecular weight excluding hydrogens is 288 g/mol. The normalized spacial score (nSPS) is 16.1. The second kappa shape index (κ2) is 6.60. The topological polar surface area (TPSA) is 46.9 Å². The molecule has 4 heteroatoms. The van der Waals surface area contributed by atoms with Crippen molar-refractivity contribution in [2.24, 2.45) is 0 Å². The molecule has 0 aliphatic carbocycles. The fraction of sp³-hybridized carbons (Fsp3) is 0.368. The van der Waals surface area contributed by atoms with Crippen molar-refractivity contribution in [3.8, 4) is 11.5 Å². The Morgan fingerprint density at radius 1 is 0.783 bits per heavy atom. The van der Waals surface area contributed by atoms with Crippen LogP contribution in [-0.4, -0.2) is 39.8 Å². The number of aryl methyl sites for hydroxylation is 2. The zero-order valence-electron chi connectivity index (χ0n) is 13.8. The molecular formula is C19H24N2O2. The van der Waals surface area contributed by atoms with Crippen molar-refractivity contribution in [3.63, 3.8) is 0 Å². The first-order valence-electron chi connectivity index (χ1n) is 8.04. The third kappa shape index (κ3) is 3.49. The van der Waals surface area contributed by atoms with Crippen LogP contribution in [0.1, 0.15) is 22.3 Å². The highest BCUT2D eigenvalue weighted by atomic mass is 16.3. The Labute approximate surface area is 137 Å². The molecule has 0 unspecified atom stereocenters. The van der Waals surface area contributed by atoms with E-state index >= 15 is 0 Å². The molecule has 0 saturated carbocycles. The molecule has 1 aliphatic heterocycles. The van der Waals surface area contributed by atoms with Crippen LogP contribution < -0.4 is 0 Å². The van der Waals surface area contributed by atoms with E-state index < -0.39 is 0 Å². The van der Waals surface area contributed by atoms with Crippen LogP contribution in [-0.2, 0) is 13.1 Å². The monoisotopic (exact) mass is 312 g/mol. The minimum Gasteiger partial charge on any atom is -0.507 e. The Bertz CT molecular complexity index is 640. The summed E-state index contributed by atoms with van der Waals surface area (Å²) in [5.41, 5.74) is 3.79. The maximum Gasteiger partial charge on any atom is 0.122 e. The Balaban J connectivity index is 1.62. The molecule has 3 rings (SSSR count). The molecule has 122 valence electrons. The third-order valence-electron chi connectivity index (χ3n) is 4.56. The van der Waals surface area contributed by atoms with Crippen molar-refractivity contribution in [2.45, 2.75) is 26.9 Å².